The molecule has 1 heterocycles. The first-order valence-corrected chi connectivity index (χ1v) is 11.3. The molecule has 0 atom stereocenters. The number of para-hydroxylation sites is 1. The molecule has 0 fully saturated rings. The van der Waals surface area contributed by atoms with Gasteiger partial charge in [0.25, 0.3) is 5.82 Å². The molecule has 3 rings (SSSR count). The Kier molecular flexibility index (Phi) is 7.40. The van der Waals surface area contributed by atoms with Gasteiger partial charge in [0.15, 0.2) is 0 Å². The quantitative estimate of drug-likeness (QED) is 0.497. The lowest BCUT2D eigenvalue weighted by molar-refractivity contribution is -0.360. The predicted octanol–water partition coefficient (Wildman–Crippen LogP) is 3.74. The smallest absolute Gasteiger partial charge is 0.328 e. The third-order valence-electron chi connectivity index (χ3n) is 4.18. The number of nitrogens with one attached hydrogen (secondary N) is 3. The Labute approximate surface area is 181 Å². The molecular formula is C23H24N3O4S+. The molecule has 0 unspecified atom stereocenters. The molecule has 0 aliphatic rings. The highest BCUT2D eigenvalue weighted by molar-refractivity contribution is 7.92. The van der Waals surface area contributed by atoms with Gasteiger partial charge >= 0.3 is 10.0 Å². The Bertz CT molecular complexity index is 1140. The number of carbonyl (C=O) groups is 1. The number of anilines is 2. The number of ether oxygens (including phenoxy) is 1. The normalized spacial score (nSPS) is 11.3. The summed E-state index contributed by atoms with van der Waals surface area (Å²) < 4.78 is 33.1. The van der Waals surface area contributed by atoms with Gasteiger partial charge in [0, 0.05) is 23.4 Å². The Morgan fingerprint density at radius 3 is 2.48 bits per heavy atom. The van der Waals surface area contributed by atoms with Gasteiger partial charge in [0.05, 0.1) is 12.8 Å². The van der Waals surface area contributed by atoms with Crippen molar-refractivity contribution >= 4 is 33.5 Å². The zero-order chi connectivity index (χ0) is 22.1. The van der Waals surface area contributed by atoms with Crippen LogP contribution in [-0.2, 0) is 14.8 Å². The molecule has 0 radical (unpaired) electrons. The fourth-order valence-corrected chi connectivity index (χ4v) is 3.72. The second-order valence-corrected chi connectivity index (χ2v) is 8.30. The van der Waals surface area contributed by atoms with Gasteiger partial charge in [-0.2, -0.15) is 13.1 Å². The van der Waals surface area contributed by atoms with E-state index in [1.807, 2.05) is 31.2 Å². The molecule has 2 aromatic carbocycles. The van der Waals surface area contributed by atoms with Gasteiger partial charge in [0.2, 0.25) is 5.91 Å². The molecule has 7 nitrogen and oxygen atoms in total. The zero-order valence-corrected chi connectivity index (χ0v) is 17.9. The molecule has 0 saturated carbocycles. The number of hydrogen-bond acceptors (Lipinski definition) is 4. The third kappa shape index (κ3) is 6.42. The van der Waals surface area contributed by atoms with Crippen molar-refractivity contribution in [1.29, 1.82) is 0 Å². The van der Waals surface area contributed by atoms with Gasteiger partial charge in [-0.25, -0.2) is 4.98 Å². The molecule has 8 heteroatoms. The largest absolute Gasteiger partial charge is 0.493 e. The average molecular weight is 439 g/mol. The Balaban J connectivity index is 1.63. The lowest BCUT2D eigenvalue weighted by Crippen LogP contribution is -2.19. The van der Waals surface area contributed by atoms with Crippen LogP contribution in [0.1, 0.15) is 18.9 Å². The van der Waals surface area contributed by atoms with Crippen LogP contribution in [0.3, 0.4) is 0 Å². The molecule has 3 N–H and O–H groups in total. The van der Waals surface area contributed by atoms with E-state index in [9.17, 15) is 13.2 Å². The Morgan fingerprint density at radius 1 is 1.03 bits per heavy atom. The van der Waals surface area contributed by atoms with E-state index in [1.165, 1.54) is 30.3 Å². The van der Waals surface area contributed by atoms with Crippen LogP contribution >= 0.6 is 0 Å². The number of hydrogen-bond donors (Lipinski definition) is 2. The van der Waals surface area contributed by atoms with Crippen molar-refractivity contribution in [3.63, 3.8) is 0 Å². The molecule has 0 bridgehead atoms. The molecular weight excluding hydrogens is 414 g/mol. The molecule has 0 saturated heterocycles. The lowest BCUT2D eigenvalue weighted by atomic mass is 10.2. The first-order chi connectivity index (χ1) is 15.0. The van der Waals surface area contributed by atoms with Crippen LogP contribution in [0.25, 0.3) is 6.08 Å². The SMILES string of the molecule is CCCOc1ccccc1C=CC(=O)Nc1ccc(S(=O)(=O)Nc2cccc[nH+]2)cc1. The van der Waals surface area contributed by atoms with E-state index in [2.05, 4.69) is 15.0 Å². The number of H-pyrrole nitrogens is 1. The predicted molar refractivity (Wildman–Crippen MR) is 120 cm³/mol. The number of aromatic amines is 1. The summed E-state index contributed by atoms with van der Waals surface area (Å²) in [5.74, 6) is 0.734. The second kappa shape index (κ2) is 10.4. The summed E-state index contributed by atoms with van der Waals surface area (Å²) in [6.07, 6.45) is 5.60. The van der Waals surface area contributed by atoms with Crippen molar-refractivity contribution in [1.82, 2.24) is 0 Å². The summed E-state index contributed by atoms with van der Waals surface area (Å²) in [6.45, 7) is 2.63. The second-order valence-electron chi connectivity index (χ2n) is 6.61. The van der Waals surface area contributed by atoms with Crippen molar-refractivity contribution in [2.24, 2.45) is 0 Å². The maximum Gasteiger partial charge on any atom is 0.328 e. The molecule has 0 aliphatic heterocycles. The number of aromatic nitrogens is 1. The molecule has 1 amide bonds. The van der Waals surface area contributed by atoms with E-state index in [0.29, 0.717) is 23.9 Å². The number of pyridine rings is 1. The fourth-order valence-electron chi connectivity index (χ4n) is 2.69. The summed E-state index contributed by atoms with van der Waals surface area (Å²) in [5.41, 5.74) is 1.28. The highest BCUT2D eigenvalue weighted by Crippen LogP contribution is 2.20. The van der Waals surface area contributed by atoms with Crippen molar-refractivity contribution in [3.05, 3.63) is 84.6 Å². The number of benzene rings is 2. The monoisotopic (exact) mass is 438 g/mol. The van der Waals surface area contributed by atoms with E-state index in [1.54, 1.807) is 30.5 Å². The number of carbonyl (C=O) groups excluding carboxylic acids is 1. The van der Waals surface area contributed by atoms with E-state index in [4.69, 9.17) is 4.74 Å². The summed E-state index contributed by atoms with van der Waals surface area (Å²) in [4.78, 5) is 15.2. The first kappa shape index (κ1) is 22.0. The summed E-state index contributed by atoms with van der Waals surface area (Å²) in [7, 11) is -3.74. The third-order valence-corrected chi connectivity index (χ3v) is 5.56. The van der Waals surface area contributed by atoms with Crippen LogP contribution in [0.2, 0.25) is 0 Å². The van der Waals surface area contributed by atoms with Crippen LogP contribution in [0.15, 0.2) is 83.9 Å². The van der Waals surface area contributed by atoms with Gasteiger partial charge in [-0.3, -0.25) is 4.79 Å². The van der Waals surface area contributed by atoms with Crippen LogP contribution in [-0.4, -0.2) is 20.9 Å². The highest BCUT2D eigenvalue weighted by atomic mass is 32.2. The minimum atomic E-state index is -3.74. The lowest BCUT2D eigenvalue weighted by Gasteiger charge is -2.08. The highest BCUT2D eigenvalue weighted by Gasteiger charge is 2.19. The Hall–Kier alpha value is -3.65. The standard InChI is InChI=1S/C23H23N3O4S/c1-2-17-30-21-8-4-3-7-18(21)10-15-23(27)25-19-11-13-20(14-12-19)31(28,29)26-22-9-5-6-16-24-22/h3-16H,2,17H2,1H3,(H,24,26)(H,25,27)/p+1. The van der Waals surface area contributed by atoms with Crippen molar-refractivity contribution in [2.75, 3.05) is 16.6 Å². The van der Waals surface area contributed by atoms with E-state index < -0.39 is 10.0 Å². The maximum absolute atomic E-state index is 12.5. The minimum Gasteiger partial charge on any atom is -0.493 e. The molecule has 3 aromatic rings. The maximum atomic E-state index is 12.5. The fraction of sp³-hybridized carbons (Fsp3) is 0.130. The molecule has 160 valence electrons. The van der Waals surface area contributed by atoms with Crippen molar-refractivity contribution in [2.45, 2.75) is 18.2 Å². The number of rotatable bonds is 9. The topological polar surface area (TPSA) is 98.6 Å². The molecule has 1 aromatic heterocycles. The van der Waals surface area contributed by atoms with Gasteiger partial charge < -0.3 is 10.1 Å². The van der Waals surface area contributed by atoms with E-state index >= 15 is 0 Å². The number of sulfonamides is 1. The molecule has 0 aliphatic carbocycles. The zero-order valence-electron chi connectivity index (χ0n) is 17.0. The molecule has 31 heavy (non-hydrogen) atoms. The number of amides is 1. The van der Waals surface area contributed by atoms with Gasteiger partial charge in [-0.15, -0.1) is 0 Å². The van der Waals surface area contributed by atoms with E-state index in [-0.39, 0.29) is 10.8 Å². The Morgan fingerprint density at radius 2 is 1.77 bits per heavy atom. The van der Waals surface area contributed by atoms with Crippen molar-refractivity contribution < 1.29 is 22.9 Å². The van der Waals surface area contributed by atoms with Gasteiger partial charge in [-0.05, 0) is 48.9 Å². The van der Waals surface area contributed by atoms with Gasteiger partial charge in [-0.1, -0.05) is 31.2 Å². The van der Waals surface area contributed by atoms with Gasteiger partial charge in [0.1, 0.15) is 10.6 Å². The van der Waals surface area contributed by atoms with Crippen LogP contribution < -0.4 is 19.8 Å². The van der Waals surface area contributed by atoms with Crippen molar-refractivity contribution in [3.8, 4) is 5.75 Å². The first-order valence-electron chi connectivity index (χ1n) is 9.78. The summed E-state index contributed by atoms with van der Waals surface area (Å²) in [5, 5.41) is 2.72. The summed E-state index contributed by atoms with van der Waals surface area (Å²) >= 11 is 0. The molecule has 0 spiro atoms. The van der Waals surface area contributed by atoms with Crippen LogP contribution in [0.5, 0.6) is 5.75 Å². The van der Waals surface area contributed by atoms with E-state index in [0.717, 1.165) is 12.0 Å². The minimum absolute atomic E-state index is 0.0836. The van der Waals surface area contributed by atoms with Crippen LogP contribution in [0.4, 0.5) is 11.5 Å². The average Bonchev–Trinajstić information content (AvgIpc) is 2.77. The van der Waals surface area contributed by atoms with Crippen LogP contribution in [0, 0.1) is 0 Å². The summed E-state index contributed by atoms with van der Waals surface area (Å²) in [6, 6.07) is 18.5.